The Hall–Kier alpha value is -1.56. The second-order valence-electron chi connectivity index (χ2n) is 3.73. The number of esters is 1. The largest absolute Gasteiger partial charge is 0.460 e. The van der Waals surface area contributed by atoms with E-state index in [-0.39, 0.29) is 5.76 Å². The maximum Gasteiger partial charge on any atom is 0.376 e. The highest BCUT2D eigenvalue weighted by atomic mass is 16.5. The van der Waals surface area contributed by atoms with E-state index in [1.165, 1.54) is 0 Å². The fourth-order valence-corrected chi connectivity index (χ4v) is 1.66. The van der Waals surface area contributed by atoms with Crippen LogP contribution in [0.15, 0.2) is 4.42 Å². The van der Waals surface area contributed by atoms with E-state index in [0.29, 0.717) is 31.5 Å². The van der Waals surface area contributed by atoms with Crippen molar-refractivity contribution < 1.29 is 18.7 Å². The Bertz CT molecular complexity index is 396. The van der Waals surface area contributed by atoms with Gasteiger partial charge in [-0.25, -0.2) is 4.79 Å². The highest BCUT2D eigenvalue weighted by Gasteiger charge is 2.22. The minimum absolute atomic E-state index is 0.188. The van der Waals surface area contributed by atoms with Crippen molar-refractivity contribution in [2.75, 3.05) is 37.8 Å². The predicted molar refractivity (Wildman–Crippen MR) is 60.2 cm³/mol. The van der Waals surface area contributed by atoms with Crippen LogP contribution in [0, 0.1) is 6.92 Å². The molecular formula is C11H16N2O4. The van der Waals surface area contributed by atoms with E-state index in [0.717, 1.165) is 13.1 Å². The van der Waals surface area contributed by atoms with Crippen LogP contribution in [0.3, 0.4) is 0 Å². The topological polar surface area (TPSA) is 64.8 Å². The number of hydrogen-bond donors (Lipinski definition) is 0. The highest BCUT2D eigenvalue weighted by Crippen LogP contribution is 2.20. The van der Waals surface area contributed by atoms with Crippen molar-refractivity contribution in [1.82, 2.24) is 4.98 Å². The van der Waals surface area contributed by atoms with E-state index in [1.807, 2.05) is 4.90 Å². The molecule has 2 rings (SSSR count). The molecule has 0 unspecified atom stereocenters. The summed E-state index contributed by atoms with van der Waals surface area (Å²) in [5.74, 6) is -0.273. The Labute approximate surface area is 99.5 Å². The molecule has 6 heteroatoms. The number of nitrogens with zero attached hydrogens (tertiary/aromatic N) is 2. The second kappa shape index (κ2) is 5.18. The summed E-state index contributed by atoms with van der Waals surface area (Å²) in [5, 5.41) is 0. The third-order valence-electron chi connectivity index (χ3n) is 2.53. The van der Waals surface area contributed by atoms with Gasteiger partial charge in [-0.1, -0.05) is 0 Å². The predicted octanol–water partition coefficient (Wildman–Crippen LogP) is 0.996. The van der Waals surface area contributed by atoms with Crippen molar-refractivity contribution in [1.29, 1.82) is 0 Å². The molecule has 94 valence electrons. The van der Waals surface area contributed by atoms with Crippen LogP contribution in [0.25, 0.3) is 0 Å². The van der Waals surface area contributed by atoms with Gasteiger partial charge in [-0.2, -0.15) is 4.98 Å². The summed E-state index contributed by atoms with van der Waals surface area (Å²) < 4.78 is 15.6. The van der Waals surface area contributed by atoms with Gasteiger partial charge in [-0.15, -0.1) is 0 Å². The number of carbonyl (C=O) groups excluding carboxylic acids is 1. The molecule has 1 aliphatic heterocycles. The number of carbonyl (C=O) groups is 1. The van der Waals surface area contributed by atoms with Gasteiger partial charge in [0.1, 0.15) is 0 Å². The lowest BCUT2D eigenvalue weighted by Gasteiger charge is -2.24. The summed E-state index contributed by atoms with van der Waals surface area (Å²) in [6, 6.07) is 0.467. The lowest BCUT2D eigenvalue weighted by Crippen LogP contribution is -2.36. The van der Waals surface area contributed by atoms with Gasteiger partial charge in [0.15, 0.2) is 0 Å². The van der Waals surface area contributed by atoms with Gasteiger partial charge >= 0.3 is 5.97 Å². The summed E-state index contributed by atoms with van der Waals surface area (Å²) in [5.41, 5.74) is 0.560. The third-order valence-corrected chi connectivity index (χ3v) is 2.53. The van der Waals surface area contributed by atoms with E-state index in [4.69, 9.17) is 13.9 Å². The van der Waals surface area contributed by atoms with E-state index >= 15 is 0 Å². The van der Waals surface area contributed by atoms with Crippen LogP contribution in [0.5, 0.6) is 0 Å². The van der Waals surface area contributed by atoms with Crippen molar-refractivity contribution in [2.45, 2.75) is 13.8 Å². The fourth-order valence-electron chi connectivity index (χ4n) is 1.66. The number of anilines is 1. The third kappa shape index (κ3) is 2.58. The van der Waals surface area contributed by atoms with Crippen molar-refractivity contribution >= 4 is 12.0 Å². The number of aryl methyl sites for hydroxylation is 1. The fraction of sp³-hybridized carbons (Fsp3) is 0.636. The Morgan fingerprint density at radius 2 is 2.18 bits per heavy atom. The Kier molecular flexibility index (Phi) is 3.63. The number of morpholine rings is 1. The zero-order valence-corrected chi connectivity index (χ0v) is 10.1. The van der Waals surface area contributed by atoms with Crippen molar-refractivity contribution in [3.05, 3.63) is 11.5 Å². The highest BCUT2D eigenvalue weighted by molar-refractivity contribution is 5.87. The van der Waals surface area contributed by atoms with E-state index in [2.05, 4.69) is 4.98 Å². The van der Waals surface area contributed by atoms with E-state index < -0.39 is 5.97 Å². The minimum Gasteiger partial charge on any atom is -0.460 e. The molecule has 1 aliphatic rings. The number of oxazole rings is 1. The van der Waals surface area contributed by atoms with Gasteiger partial charge in [0.05, 0.1) is 25.5 Å². The second-order valence-corrected chi connectivity index (χ2v) is 3.73. The zero-order valence-electron chi connectivity index (χ0n) is 10.1. The first-order valence-corrected chi connectivity index (χ1v) is 5.69. The summed E-state index contributed by atoms with van der Waals surface area (Å²) >= 11 is 0. The summed E-state index contributed by atoms with van der Waals surface area (Å²) in [6.45, 7) is 6.56. The Morgan fingerprint density at radius 3 is 2.82 bits per heavy atom. The summed E-state index contributed by atoms with van der Waals surface area (Å²) in [4.78, 5) is 17.8. The zero-order chi connectivity index (χ0) is 12.3. The van der Waals surface area contributed by atoms with Crippen LogP contribution in [0.4, 0.5) is 6.01 Å². The van der Waals surface area contributed by atoms with Crippen LogP contribution in [-0.2, 0) is 9.47 Å². The molecule has 6 nitrogen and oxygen atoms in total. The molecule has 1 fully saturated rings. The monoisotopic (exact) mass is 240 g/mol. The lowest BCUT2D eigenvalue weighted by molar-refractivity contribution is 0.0489. The molecule has 0 N–H and O–H groups in total. The molecule has 1 saturated heterocycles. The van der Waals surface area contributed by atoms with Gasteiger partial charge in [0, 0.05) is 13.1 Å². The van der Waals surface area contributed by atoms with Crippen molar-refractivity contribution in [2.24, 2.45) is 0 Å². The molecule has 0 aromatic carbocycles. The average molecular weight is 240 g/mol. The average Bonchev–Trinajstić information content (AvgIpc) is 2.73. The smallest absolute Gasteiger partial charge is 0.376 e. The Morgan fingerprint density at radius 1 is 1.47 bits per heavy atom. The standard InChI is InChI=1S/C11H16N2O4/c1-3-16-10(14)9-8(2)12-11(17-9)13-4-6-15-7-5-13/h3-7H2,1-2H3. The van der Waals surface area contributed by atoms with Gasteiger partial charge in [-0.05, 0) is 13.8 Å². The van der Waals surface area contributed by atoms with Crippen molar-refractivity contribution in [3.8, 4) is 0 Å². The number of hydrogen-bond acceptors (Lipinski definition) is 6. The van der Waals surface area contributed by atoms with E-state index in [1.54, 1.807) is 13.8 Å². The van der Waals surface area contributed by atoms with Crippen LogP contribution in [0.2, 0.25) is 0 Å². The molecule has 0 amide bonds. The van der Waals surface area contributed by atoms with E-state index in [9.17, 15) is 4.79 Å². The molecule has 0 aliphatic carbocycles. The van der Waals surface area contributed by atoms with Crippen LogP contribution < -0.4 is 4.90 Å². The van der Waals surface area contributed by atoms with Crippen LogP contribution in [-0.4, -0.2) is 43.9 Å². The van der Waals surface area contributed by atoms with Crippen LogP contribution in [0.1, 0.15) is 23.2 Å². The molecule has 2 heterocycles. The molecule has 0 saturated carbocycles. The SMILES string of the molecule is CCOC(=O)c1oc(N2CCOCC2)nc1C. The first kappa shape index (κ1) is 11.9. The van der Waals surface area contributed by atoms with Gasteiger partial charge < -0.3 is 18.8 Å². The van der Waals surface area contributed by atoms with Gasteiger partial charge in [0.25, 0.3) is 6.01 Å². The number of aromatic nitrogens is 1. The molecule has 1 aromatic heterocycles. The molecule has 0 spiro atoms. The molecular weight excluding hydrogens is 224 g/mol. The first-order valence-electron chi connectivity index (χ1n) is 5.69. The summed E-state index contributed by atoms with van der Waals surface area (Å²) in [6.07, 6.45) is 0. The maximum atomic E-state index is 11.6. The number of ether oxygens (including phenoxy) is 2. The summed E-state index contributed by atoms with van der Waals surface area (Å²) in [7, 11) is 0. The molecule has 0 atom stereocenters. The first-order chi connectivity index (χ1) is 8.22. The molecule has 0 radical (unpaired) electrons. The normalized spacial score (nSPS) is 16.0. The Balaban J connectivity index is 2.14. The quantitative estimate of drug-likeness (QED) is 0.734. The van der Waals surface area contributed by atoms with Gasteiger partial charge in [0.2, 0.25) is 5.76 Å². The van der Waals surface area contributed by atoms with Crippen LogP contribution >= 0.6 is 0 Å². The van der Waals surface area contributed by atoms with Crippen molar-refractivity contribution in [3.63, 3.8) is 0 Å². The maximum absolute atomic E-state index is 11.6. The molecule has 0 bridgehead atoms. The molecule has 1 aromatic rings. The number of rotatable bonds is 3. The van der Waals surface area contributed by atoms with Gasteiger partial charge in [-0.3, -0.25) is 0 Å². The minimum atomic E-state index is -0.461. The lowest BCUT2D eigenvalue weighted by atomic mass is 10.4. The molecule has 17 heavy (non-hydrogen) atoms.